The van der Waals surface area contributed by atoms with Crippen LogP contribution in [0, 0.1) is 71.0 Å². The third-order valence-corrected chi connectivity index (χ3v) is 35.5. The molecule has 6 saturated heterocycles. The second kappa shape index (κ2) is 55.8. The number of sulfonamides is 2. The van der Waals surface area contributed by atoms with Crippen molar-refractivity contribution in [1.82, 2.24) is 18.4 Å². The van der Waals surface area contributed by atoms with Crippen LogP contribution in [-0.4, -0.2) is 314 Å². The van der Waals surface area contributed by atoms with Crippen molar-refractivity contribution in [2.24, 2.45) is 71.0 Å². The van der Waals surface area contributed by atoms with Gasteiger partial charge in [0.05, 0.1) is 74.6 Å². The number of amides is 2. The number of carbonyl (C=O) groups is 8. The maximum absolute atomic E-state index is 14.5. The Hall–Kier alpha value is -6.26. The zero-order valence-corrected chi connectivity index (χ0v) is 89.5. The molecule has 0 radical (unpaired) electrons. The zero-order chi connectivity index (χ0) is 104. The SMILES string of the molecule is CO[C@@H]1C[C@H](C[C@@H](C)[C@@H]2CC[C@H](C)/C=C(\C)[C@@H](O)[C@@H](OC)C(=O)[C@H](C)C[C@H](C)/C=C/C=C/C=C(\C)C(N3CCS3(=O)=O)C[C@@H]3CC[C@@H](C)[C@@](O)(O3)C(=O)C(=O)N3CCCC[C@H]3C(=O)O2)CC[C@H]1OCCO.CO[C@@H]1C[C@H](C[C@@H](C)[C@@H]2CC[C@H](C)/C=C(\C)[C@@H](O)[C@@H](OC)C(=O)[C@H](C)C[C@H](C)/C=C/C=C/C=C(\C)C(N3CCS3(=O)=O)C[C@@H]3CC[C@@H](C)[C@@](O)(O3)C(=O)C(=O)N3CCCC[C@H]3C(=O)O2)CC[C@H]1OCCO. The van der Waals surface area contributed by atoms with Crippen molar-refractivity contribution in [3.8, 4) is 0 Å². The van der Waals surface area contributed by atoms with E-state index in [2.05, 4.69) is 13.8 Å². The highest BCUT2D eigenvalue weighted by molar-refractivity contribution is 7.90. The summed E-state index contributed by atoms with van der Waals surface area (Å²) in [6.07, 6.45) is 28.4. The van der Waals surface area contributed by atoms with Crippen molar-refractivity contribution >= 4 is 66.9 Å². The number of fused-ring (bicyclic) bond motifs is 6. The van der Waals surface area contributed by atoms with Crippen LogP contribution in [0.4, 0.5) is 0 Å². The minimum atomic E-state index is -3.54. The molecule has 2 unspecified atom stereocenters. The van der Waals surface area contributed by atoms with Gasteiger partial charge in [-0.2, -0.15) is 8.61 Å². The summed E-state index contributed by atoms with van der Waals surface area (Å²) < 4.78 is 115. The van der Waals surface area contributed by atoms with E-state index in [4.69, 9.17) is 47.4 Å². The van der Waals surface area contributed by atoms with Crippen molar-refractivity contribution < 1.29 is 133 Å². The van der Waals surface area contributed by atoms with Gasteiger partial charge in [0.2, 0.25) is 31.6 Å². The van der Waals surface area contributed by atoms with Gasteiger partial charge < -0.3 is 87.8 Å². The maximum atomic E-state index is 14.5. The molecule has 10 rings (SSSR count). The van der Waals surface area contributed by atoms with Gasteiger partial charge in [0.25, 0.3) is 23.4 Å². The van der Waals surface area contributed by atoms with Gasteiger partial charge in [0, 0.05) is 90.4 Å². The Morgan fingerprint density at radius 3 is 1.12 bits per heavy atom. The molecule has 0 aromatic heterocycles. The summed E-state index contributed by atoms with van der Waals surface area (Å²) >= 11 is 0. The summed E-state index contributed by atoms with van der Waals surface area (Å²) in [6.45, 7) is 27.4. The number of cyclic esters (lactones) is 2. The van der Waals surface area contributed by atoms with E-state index in [9.17, 15) is 85.8 Å². The lowest BCUT2D eigenvalue weighted by Crippen LogP contribution is -2.61. The number of rotatable bonds is 18. The lowest BCUT2D eigenvalue weighted by Gasteiger charge is -2.44. The summed E-state index contributed by atoms with van der Waals surface area (Å²) in [5, 5.41) is 66.1. The van der Waals surface area contributed by atoms with Gasteiger partial charge in [0.15, 0.2) is 11.6 Å². The van der Waals surface area contributed by atoms with Crippen LogP contribution >= 0.6 is 0 Å². The van der Waals surface area contributed by atoms with Crippen molar-refractivity contribution in [2.45, 2.75) is 373 Å². The minimum Gasteiger partial charge on any atom is -0.461 e. The molecule has 8 aliphatic heterocycles. The minimum absolute atomic E-state index is 0.00306. The lowest BCUT2D eigenvalue weighted by molar-refractivity contribution is -0.264. The molecule has 2 aliphatic carbocycles. The molecule has 4 bridgehead atoms. The van der Waals surface area contributed by atoms with Crippen LogP contribution in [-0.2, 0) is 106 Å². The number of methoxy groups -OCH3 is 4. The highest BCUT2D eigenvalue weighted by Gasteiger charge is 2.57. The second-order valence-electron chi connectivity index (χ2n) is 42.9. The summed E-state index contributed by atoms with van der Waals surface area (Å²) in [5.74, 6) is -13.5. The number of esters is 2. The summed E-state index contributed by atoms with van der Waals surface area (Å²) in [6, 6.07) is -3.44. The quantitative estimate of drug-likeness (QED) is 0.0422. The predicted molar refractivity (Wildman–Crippen MR) is 538 cm³/mol. The molecule has 10 aliphatic rings. The lowest BCUT2D eigenvalue weighted by atomic mass is 9.78. The molecule has 804 valence electrons. The third kappa shape index (κ3) is 31.9. The second-order valence-corrected chi connectivity index (χ2v) is 47.0. The van der Waals surface area contributed by atoms with Crippen LogP contribution in [0.1, 0.15) is 264 Å². The molecule has 0 aromatic carbocycles. The fourth-order valence-electron chi connectivity index (χ4n) is 22.9. The van der Waals surface area contributed by atoms with Gasteiger partial charge in [-0.25, -0.2) is 26.4 Å². The number of piperidine rings is 2. The van der Waals surface area contributed by atoms with Gasteiger partial charge in [0.1, 0.15) is 48.7 Å². The number of hydrogen-bond donors (Lipinski definition) is 6. The Labute approximate surface area is 845 Å². The van der Waals surface area contributed by atoms with E-state index in [1.54, 1.807) is 41.9 Å². The van der Waals surface area contributed by atoms with Gasteiger partial charge in [-0.05, 0) is 253 Å². The van der Waals surface area contributed by atoms with E-state index in [0.29, 0.717) is 127 Å². The Bertz CT molecular complexity index is 4360. The number of carbonyl (C=O) groups excluding carboxylic acids is 8. The fourth-order valence-corrected chi connectivity index (χ4v) is 25.6. The molecule has 32 nitrogen and oxygen atoms in total. The number of aliphatic hydroxyl groups is 6. The molecular weight excluding hydrogens is 1870 g/mol. The van der Waals surface area contributed by atoms with E-state index < -0.39 is 164 Å². The first-order valence-electron chi connectivity index (χ1n) is 52.6. The summed E-state index contributed by atoms with van der Waals surface area (Å²) in [7, 11) is -0.915. The molecule has 34 heteroatoms. The van der Waals surface area contributed by atoms with Gasteiger partial charge in [-0.15, -0.1) is 0 Å². The van der Waals surface area contributed by atoms with Crippen LogP contribution in [0.3, 0.4) is 0 Å². The van der Waals surface area contributed by atoms with E-state index in [1.807, 2.05) is 128 Å². The van der Waals surface area contributed by atoms with E-state index >= 15 is 0 Å². The first-order chi connectivity index (χ1) is 67.3. The van der Waals surface area contributed by atoms with Crippen molar-refractivity contribution in [1.29, 1.82) is 0 Å². The number of aliphatic hydroxyl groups excluding tert-OH is 4. The van der Waals surface area contributed by atoms with Crippen LogP contribution < -0.4 is 0 Å². The van der Waals surface area contributed by atoms with Gasteiger partial charge in [-0.3, -0.25) is 28.8 Å². The number of hydrogen-bond acceptors (Lipinski definition) is 28. The molecule has 142 heavy (non-hydrogen) atoms. The van der Waals surface area contributed by atoms with Crippen molar-refractivity contribution in [3.63, 3.8) is 0 Å². The molecule has 8 heterocycles. The van der Waals surface area contributed by atoms with E-state index in [0.717, 1.165) is 49.7 Å². The van der Waals surface area contributed by atoms with E-state index in [-0.39, 0.29) is 160 Å². The molecular formula is C108H172N4O28S2. The number of nitrogens with zero attached hydrogens (tertiary/aromatic N) is 4. The molecule has 2 saturated carbocycles. The van der Waals surface area contributed by atoms with Crippen molar-refractivity contribution in [3.05, 3.63) is 95.2 Å². The predicted octanol–water partition coefficient (Wildman–Crippen LogP) is 12.0. The average Bonchev–Trinajstić information content (AvgIpc) is 0.767. The van der Waals surface area contributed by atoms with Crippen LogP contribution in [0.15, 0.2) is 95.2 Å². The highest BCUT2D eigenvalue weighted by Crippen LogP contribution is 2.44. The Kier molecular flexibility index (Phi) is 46.9. The van der Waals surface area contributed by atoms with Gasteiger partial charge in [-0.1, -0.05) is 153 Å². The standard InChI is InChI=1S/2C54H86N2O14S/c2*1-34-15-11-10-12-16-36(3)44(56-25-28-71(56,64)65)33-42-21-19-40(7)54(63,70-42)51(60)52(61)55-24-14-13-17-43(55)53(62)69-45(37(4)31-41-20-23-46(68-27-26-57)47(32-41)66-8)22-18-35(2)30-39(6)49(59)50(67-9)48(58)38(5)29-34/h2*10-12,15-16,30,34-35,37-38,40-47,49-50,57,59,63H,13-14,17-29,31-33H2,1-9H3/b2*12-10+,15-11+,36-16+,39-30+/t2*34-,35+,37-,38-,40-,41+,42+,43+,44?,45+,46-,47-,49-,50+,54-/m11/s1. The van der Waals surface area contributed by atoms with E-state index in [1.165, 1.54) is 32.6 Å². The molecule has 0 spiro atoms. The third-order valence-electron chi connectivity index (χ3n) is 31.8. The summed E-state index contributed by atoms with van der Waals surface area (Å²) in [4.78, 5) is 117. The largest absolute Gasteiger partial charge is 0.461 e. The molecule has 30 atom stereocenters. The maximum Gasteiger partial charge on any atom is 0.329 e. The molecule has 8 fully saturated rings. The molecule has 0 aromatic rings. The number of ether oxygens (including phenoxy) is 10. The smallest absolute Gasteiger partial charge is 0.329 e. The number of Topliss-reactive ketones (excluding diaryl/α,β-unsaturated/α-hetero) is 4. The van der Waals surface area contributed by atoms with Crippen LogP contribution in [0.25, 0.3) is 0 Å². The highest BCUT2D eigenvalue weighted by atomic mass is 32.2. The topological polar surface area (TPSA) is 431 Å². The summed E-state index contributed by atoms with van der Waals surface area (Å²) in [5.41, 5.74) is 2.62. The van der Waals surface area contributed by atoms with Crippen molar-refractivity contribution in [2.75, 3.05) is 92.6 Å². The Morgan fingerprint density at radius 2 is 0.789 bits per heavy atom. The Balaban J connectivity index is 0.000000317. The number of ketones is 4. The Morgan fingerprint density at radius 1 is 0.415 bits per heavy atom. The molecule has 6 N–H and O–H groups in total. The average molecular weight is 2040 g/mol. The first kappa shape index (κ1) is 119. The number of allylic oxidation sites excluding steroid dienone is 12. The van der Waals surface area contributed by atoms with Crippen LogP contribution in [0.5, 0.6) is 0 Å². The zero-order valence-electron chi connectivity index (χ0n) is 87.8. The van der Waals surface area contributed by atoms with Crippen LogP contribution in [0.2, 0.25) is 0 Å². The fraction of sp³-hybridized carbons (Fsp3) is 0.778. The van der Waals surface area contributed by atoms with Gasteiger partial charge >= 0.3 is 11.9 Å². The molecule has 2 amide bonds. The monoisotopic (exact) mass is 2040 g/mol. The normalized spacial score (nSPS) is 39.9. The first-order valence-corrected chi connectivity index (χ1v) is 55.8.